The van der Waals surface area contributed by atoms with Crippen molar-refractivity contribution in [3.63, 3.8) is 0 Å². The largest absolute Gasteiger partial charge is 0.466 e. The molecule has 1 saturated carbocycles. The number of rotatable bonds is 5. The number of ether oxygens (including phenoxy) is 4. The Kier molecular flexibility index (Phi) is 4.30. The van der Waals surface area contributed by atoms with Crippen molar-refractivity contribution in [1.29, 1.82) is 0 Å². The van der Waals surface area contributed by atoms with Crippen molar-refractivity contribution in [2.75, 3.05) is 28.4 Å². The highest BCUT2D eigenvalue weighted by atomic mass is 16.7. The van der Waals surface area contributed by atoms with Crippen molar-refractivity contribution in [3.05, 3.63) is 23.8 Å². The van der Waals surface area contributed by atoms with Gasteiger partial charge < -0.3 is 18.9 Å². The van der Waals surface area contributed by atoms with Crippen molar-refractivity contribution >= 4 is 11.8 Å². The quantitative estimate of drug-likeness (QED) is 0.432. The Bertz CT molecular complexity index is 545. The maximum atomic E-state index is 13.1. The highest BCUT2D eigenvalue weighted by molar-refractivity contribution is 6.04. The zero-order valence-corrected chi connectivity index (χ0v) is 13.6. The molecule has 3 atom stereocenters. The lowest BCUT2D eigenvalue weighted by atomic mass is 9.57. The Balaban J connectivity index is 2.71. The Labute approximate surface area is 130 Å². The molecule has 0 aromatic carbocycles. The van der Waals surface area contributed by atoms with Crippen LogP contribution in [0.1, 0.15) is 13.3 Å². The van der Waals surface area contributed by atoms with Crippen LogP contribution in [0.25, 0.3) is 0 Å². The molecule has 0 saturated heterocycles. The van der Waals surface area contributed by atoms with Crippen LogP contribution in [0.5, 0.6) is 0 Å². The summed E-state index contributed by atoms with van der Waals surface area (Å²) in [5.41, 5.74) is -0.192. The monoisotopic (exact) mass is 310 g/mol. The summed E-state index contributed by atoms with van der Waals surface area (Å²) < 4.78 is 21.3. The first-order valence-electron chi connectivity index (χ1n) is 7.01. The van der Waals surface area contributed by atoms with Crippen molar-refractivity contribution < 1.29 is 28.5 Å². The smallest absolute Gasteiger partial charge is 0.334 e. The van der Waals surface area contributed by atoms with E-state index in [1.54, 1.807) is 6.08 Å². The molecule has 0 N–H and O–H groups in total. The fourth-order valence-electron chi connectivity index (χ4n) is 3.72. The number of hydrogen-bond donors (Lipinski definition) is 0. The summed E-state index contributed by atoms with van der Waals surface area (Å²) in [6.07, 6.45) is 2.00. The highest BCUT2D eigenvalue weighted by Crippen LogP contribution is 2.54. The first kappa shape index (κ1) is 16.9. The maximum Gasteiger partial charge on any atom is 0.334 e. The second-order valence-corrected chi connectivity index (χ2v) is 5.68. The molecule has 0 unspecified atom stereocenters. The third-order valence-electron chi connectivity index (χ3n) is 4.82. The van der Waals surface area contributed by atoms with Gasteiger partial charge in [-0.25, -0.2) is 4.79 Å². The van der Waals surface area contributed by atoms with E-state index in [1.807, 2.05) is 6.92 Å². The van der Waals surface area contributed by atoms with Crippen LogP contribution in [0.15, 0.2) is 23.8 Å². The Morgan fingerprint density at radius 1 is 1.23 bits per heavy atom. The van der Waals surface area contributed by atoms with Gasteiger partial charge in [-0.1, -0.05) is 12.2 Å². The minimum Gasteiger partial charge on any atom is -0.466 e. The van der Waals surface area contributed by atoms with E-state index < -0.39 is 23.3 Å². The molecule has 0 radical (unpaired) electrons. The van der Waals surface area contributed by atoms with Gasteiger partial charge in [-0.05, 0) is 19.4 Å². The minimum absolute atomic E-state index is 0.248. The number of esters is 1. The Morgan fingerprint density at radius 3 is 2.23 bits per heavy atom. The van der Waals surface area contributed by atoms with E-state index >= 15 is 0 Å². The van der Waals surface area contributed by atoms with E-state index in [1.165, 1.54) is 28.4 Å². The average molecular weight is 310 g/mol. The molecule has 3 rings (SSSR count). The van der Waals surface area contributed by atoms with E-state index in [4.69, 9.17) is 18.9 Å². The molecule has 6 nitrogen and oxygen atoms in total. The molecule has 0 aliphatic heterocycles. The molecule has 0 amide bonds. The molecule has 1 fully saturated rings. The lowest BCUT2D eigenvalue weighted by Gasteiger charge is -2.55. The molecule has 3 aliphatic rings. The molecule has 22 heavy (non-hydrogen) atoms. The van der Waals surface area contributed by atoms with Crippen molar-refractivity contribution in [2.45, 2.75) is 24.7 Å². The van der Waals surface area contributed by atoms with Crippen LogP contribution in [0.4, 0.5) is 0 Å². The van der Waals surface area contributed by atoms with Gasteiger partial charge in [-0.3, -0.25) is 4.79 Å². The van der Waals surface area contributed by atoms with Crippen LogP contribution in [0.3, 0.4) is 0 Å². The molecule has 0 aromatic rings. The third-order valence-corrected chi connectivity index (χ3v) is 4.82. The zero-order chi connectivity index (χ0) is 16.7. The molecular formula is C16H22O6. The van der Waals surface area contributed by atoms with Gasteiger partial charge in [0, 0.05) is 32.8 Å². The summed E-state index contributed by atoms with van der Waals surface area (Å²) >= 11 is 0. The minimum atomic E-state index is -1.56. The molecule has 0 aromatic heterocycles. The Morgan fingerprint density at radius 2 is 1.82 bits per heavy atom. The van der Waals surface area contributed by atoms with E-state index in [-0.39, 0.29) is 11.7 Å². The van der Waals surface area contributed by atoms with E-state index in [9.17, 15) is 9.59 Å². The summed E-state index contributed by atoms with van der Waals surface area (Å²) in [5.74, 6) is -3.25. The number of carbonyl (C=O) groups excluding carboxylic acids is 2. The van der Waals surface area contributed by atoms with Crippen LogP contribution in [-0.2, 0) is 28.5 Å². The van der Waals surface area contributed by atoms with E-state index in [0.29, 0.717) is 12.0 Å². The number of Topliss-reactive ketones (excluding diaryl/α,β-unsaturated/α-hetero) is 1. The number of fused-ring (bicyclic) bond motifs is 2. The van der Waals surface area contributed by atoms with Gasteiger partial charge in [0.25, 0.3) is 0 Å². The molecule has 3 aliphatic carbocycles. The number of hydrogen-bond acceptors (Lipinski definition) is 6. The SMILES string of the molecule is C=C(C)[C@@H]1C[C@@H]2C(C(=O)OC)=C[C@@]1(OC)C(=O)C2(OC)OC. The van der Waals surface area contributed by atoms with Gasteiger partial charge >= 0.3 is 5.97 Å². The predicted octanol–water partition coefficient (Wildman–Crippen LogP) is 1.25. The van der Waals surface area contributed by atoms with Crippen LogP contribution >= 0.6 is 0 Å². The first-order chi connectivity index (χ1) is 10.3. The molecule has 2 bridgehead atoms. The summed E-state index contributed by atoms with van der Waals surface area (Å²) in [6.45, 7) is 5.79. The Hall–Kier alpha value is -1.50. The van der Waals surface area contributed by atoms with Crippen LogP contribution in [0, 0.1) is 11.8 Å². The summed E-state index contributed by atoms with van der Waals surface area (Å²) in [4.78, 5) is 25.2. The van der Waals surface area contributed by atoms with E-state index in [0.717, 1.165) is 5.57 Å². The van der Waals surface area contributed by atoms with Gasteiger partial charge in [0.1, 0.15) is 0 Å². The lowest BCUT2D eigenvalue weighted by molar-refractivity contribution is -0.257. The average Bonchev–Trinajstić information content (AvgIpc) is 2.54. The fourth-order valence-corrected chi connectivity index (χ4v) is 3.72. The molecule has 0 spiro atoms. The number of carbonyl (C=O) groups is 2. The molecule has 122 valence electrons. The van der Waals surface area contributed by atoms with Crippen molar-refractivity contribution in [1.82, 2.24) is 0 Å². The van der Waals surface area contributed by atoms with Gasteiger partial charge in [0.05, 0.1) is 13.0 Å². The fraction of sp³-hybridized carbons (Fsp3) is 0.625. The lowest BCUT2D eigenvalue weighted by Crippen LogP contribution is -2.70. The standard InChI is InChI=1S/C16H22O6/c1-9(2)11-7-12-10(13(17)19-3)8-15(11,20-4)14(18)16(12,21-5)22-6/h8,11-12H,1,7H2,2-6H3/t11-,12+,15-/m0/s1. The van der Waals surface area contributed by atoms with Gasteiger partial charge in [-0.15, -0.1) is 0 Å². The second-order valence-electron chi connectivity index (χ2n) is 5.68. The van der Waals surface area contributed by atoms with E-state index in [2.05, 4.69) is 6.58 Å². The highest BCUT2D eigenvalue weighted by Gasteiger charge is 2.68. The summed E-state index contributed by atoms with van der Waals surface area (Å²) in [6, 6.07) is 0. The van der Waals surface area contributed by atoms with Crippen molar-refractivity contribution in [3.8, 4) is 0 Å². The number of ketones is 1. The normalized spacial score (nSPS) is 32.6. The van der Waals surface area contributed by atoms with Crippen LogP contribution in [-0.4, -0.2) is 51.6 Å². The second kappa shape index (κ2) is 5.61. The zero-order valence-electron chi connectivity index (χ0n) is 13.6. The topological polar surface area (TPSA) is 71.1 Å². The van der Waals surface area contributed by atoms with Gasteiger partial charge in [0.15, 0.2) is 5.60 Å². The van der Waals surface area contributed by atoms with Crippen LogP contribution in [0.2, 0.25) is 0 Å². The van der Waals surface area contributed by atoms with Crippen LogP contribution < -0.4 is 0 Å². The molecular weight excluding hydrogens is 288 g/mol. The summed E-state index contributed by atoms with van der Waals surface area (Å²) in [5, 5.41) is 0. The molecule has 6 heteroatoms. The van der Waals surface area contributed by atoms with Gasteiger partial charge in [-0.2, -0.15) is 0 Å². The third kappa shape index (κ3) is 1.91. The summed E-state index contributed by atoms with van der Waals surface area (Å²) in [7, 11) is 5.50. The maximum absolute atomic E-state index is 13.1. The van der Waals surface area contributed by atoms with Gasteiger partial charge in [0.2, 0.25) is 11.6 Å². The van der Waals surface area contributed by atoms with Crippen molar-refractivity contribution in [2.24, 2.45) is 11.8 Å². The molecule has 0 heterocycles. The first-order valence-corrected chi connectivity index (χ1v) is 7.01. The predicted molar refractivity (Wildman–Crippen MR) is 78.0 cm³/mol. The number of methoxy groups -OCH3 is 4.